The van der Waals surface area contributed by atoms with Crippen LogP contribution in [0.2, 0.25) is 0 Å². The Morgan fingerprint density at radius 3 is 2.35 bits per heavy atom. The van der Waals surface area contributed by atoms with Crippen LogP contribution in [0.4, 0.5) is 0 Å². The van der Waals surface area contributed by atoms with Crippen LogP contribution < -0.4 is 0 Å². The molecule has 0 amide bonds. The number of rotatable bonds is 8. The highest BCUT2D eigenvalue weighted by atomic mass is 16.5. The monoisotopic (exact) mass is 244 g/mol. The van der Waals surface area contributed by atoms with Gasteiger partial charge >= 0.3 is 5.97 Å². The Hall–Kier alpha value is -0.570. The highest BCUT2D eigenvalue weighted by Gasteiger charge is 2.12. The van der Waals surface area contributed by atoms with E-state index < -0.39 is 0 Å². The average Bonchev–Trinajstić information content (AvgIpc) is 2.16. The zero-order chi connectivity index (χ0) is 13.3. The summed E-state index contributed by atoms with van der Waals surface area (Å²) in [5, 5.41) is 9.74. The number of aliphatic hydroxyl groups is 1. The van der Waals surface area contributed by atoms with Gasteiger partial charge in [-0.15, -0.1) is 0 Å². The fourth-order valence-electron chi connectivity index (χ4n) is 1.73. The van der Waals surface area contributed by atoms with Gasteiger partial charge in [-0.05, 0) is 38.0 Å². The highest BCUT2D eigenvalue weighted by Crippen LogP contribution is 2.22. The molecule has 0 aromatic rings. The quantitative estimate of drug-likeness (QED) is 0.666. The molecule has 0 aromatic carbocycles. The van der Waals surface area contributed by atoms with Crippen molar-refractivity contribution in [3.05, 3.63) is 0 Å². The van der Waals surface area contributed by atoms with Crippen molar-refractivity contribution in [2.75, 3.05) is 6.61 Å². The van der Waals surface area contributed by atoms with Crippen LogP contribution in [0.3, 0.4) is 0 Å². The van der Waals surface area contributed by atoms with Crippen LogP contribution in [0.15, 0.2) is 0 Å². The molecule has 1 N–H and O–H groups in total. The molecule has 0 aliphatic rings. The predicted molar refractivity (Wildman–Crippen MR) is 69.8 cm³/mol. The summed E-state index contributed by atoms with van der Waals surface area (Å²) in [4.78, 5) is 11.1. The third-order valence-corrected chi connectivity index (χ3v) is 2.69. The molecule has 102 valence electrons. The number of ether oxygens (including phenoxy) is 1. The van der Waals surface area contributed by atoms with Gasteiger partial charge in [-0.1, -0.05) is 27.2 Å². The molecule has 3 heteroatoms. The molecule has 1 atom stereocenters. The summed E-state index contributed by atoms with van der Waals surface area (Å²) in [6, 6.07) is 0. The van der Waals surface area contributed by atoms with Crippen molar-refractivity contribution in [1.82, 2.24) is 0 Å². The molecule has 17 heavy (non-hydrogen) atoms. The van der Waals surface area contributed by atoms with Crippen molar-refractivity contribution in [2.45, 2.75) is 72.3 Å². The molecule has 0 aliphatic carbocycles. The first-order valence-electron chi connectivity index (χ1n) is 6.69. The fourth-order valence-corrected chi connectivity index (χ4v) is 1.73. The van der Waals surface area contributed by atoms with Crippen LogP contribution >= 0.6 is 0 Å². The van der Waals surface area contributed by atoms with Crippen molar-refractivity contribution < 1.29 is 14.6 Å². The fraction of sp³-hybridized carbons (Fsp3) is 0.929. The van der Waals surface area contributed by atoms with Gasteiger partial charge < -0.3 is 9.84 Å². The van der Waals surface area contributed by atoms with Gasteiger partial charge in [-0.3, -0.25) is 4.79 Å². The minimum Gasteiger partial charge on any atom is -0.466 e. The molecule has 0 bridgehead atoms. The molecule has 0 aromatic heterocycles. The first kappa shape index (κ1) is 16.4. The maximum atomic E-state index is 11.1. The zero-order valence-electron chi connectivity index (χ0n) is 11.8. The maximum Gasteiger partial charge on any atom is 0.305 e. The van der Waals surface area contributed by atoms with E-state index in [0.29, 0.717) is 24.9 Å². The van der Waals surface area contributed by atoms with E-state index in [0.717, 1.165) is 25.7 Å². The van der Waals surface area contributed by atoms with Gasteiger partial charge in [0.15, 0.2) is 0 Å². The molecular weight excluding hydrogens is 216 g/mol. The third-order valence-electron chi connectivity index (χ3n) is 2.69. The van der Waals surface area contributed by atoms with E-state index in [1.807, 2.05) is 0 Å². The molecule has 0 saturated heterocycles. The number of esters is 1. The van der Waals surface area contributed by atoms with Crippen LogP contribution in [-0.4, -0.2) is 23.8 Å². The standard InChI is InChI=1S/C14H28O3/c1-5-17-13(16)10-6-8-12(15)9-7-11-14(2,3)4/h12,15H,5-11H2,1-4H3/t12-/m0/s1. The Labute approximate surface area is 106 Å². The number of hydrogen-bond acceptors (Lipinski definition) is 3. The second kappa shape index (κ2) is 8.51. The summed E-state index contributed by atoms with van der Waals surface area (Å²) in [6.07, 6.45) is 4.57. The van der Waals surface area contributed by atoms with E-state index >= 15 is 0 Å². The van der Waals surface area contributed by atoms with Crippen molar-refractivity contribution in [3.63, 3.8) is 0 Å². The molecule has 0 fully saturated rings. The summed E-state index contributed by atoms with van der Waals surface area (Å²) < 4.78 is 4.83. The van der Waals surface area contributed by atoms with Crippen LogP contribution in [0.25, 0.3) is 0 Å². The third kappa shape index (κ3) is 11.7. The van der Waals surface area contributed by atoms with E-state index in [1.165, 1.54) is 0 Å². The summed E-state index contributed by atoms with van der Waals surface area (Å²) in [5.41, 5.74) is 0.338. The van der Waals surface area contributed by atoms with Crippen molar-refractivity contribution in [3.8, 4) is 0 Å². The lowest BCUT2D eigenvalue weighted by Crippen LogP contribution is -2.11. The van der Waals surface area contributed by atoms with E-state index in [4.69, 9.17) is 4.74 Å². The summed E-state index contributed by atoms with van der Waals surface area (Å²) >= 11 is 0. The minimum atomic E-state index is -0.272. The topological polar surface area (TPSA) is 46.5 Å². The van der Waals surface area contributed by atoms with Gasteiger partial charge in [0, 0.05) is 6.42 Å². The molecule has 0 radical (unpaired) electrons. The Morgan fingerprint density at radius 2 is 1.82 bits per heavy atom. The SMILES string of the molecule is CCOC(=O)CCC[C@H](O)CCCC(C)(C)C. The first-order valence-corrected chi connectivity index (χ1v) is 6.69. The molecule has 3 nitrogen and oxygen atoms in total. The normalized spacial score (nSPS) is 13.5. The number of carbonyl (C=O) groups is 1. The van der Waals surface area contributed by atoms with Crippen molar-refractivity contribution in [2.24, 2.45) is 5.41 Å². The molecule has 0 rings (SSSR count). The largest absolute Gasteiger partial charge is 0.466 e. The number of aliphatic hydroxyl groups excluding tert-OH is 1. The Kier molecular flexibility index (Phi) is 8.23. The van der Waals surface area contributed by atoms with Crippen LogP contribution in [0, 0.1) is 5.41 Å². The summed E-state index contributed by atoms with van der Waals surface area (Å²) in [6.45, 7) is 8.87. The predicted octanol–water partition coefficient (Wildman–Crippen LogP) is 3.30. The maximum absolute atomic E-state index is 11.1. The van der Waals surface area contributed by atoms with Crippen LogP contribution in [-0.2, 0) is 9.53 Å². The van der Waals surface area contributed by atoms with Gasteiger partial charge in [0.25, 0.3) is 0 Å². The number of hydrogen-bond donors (Lipinski definition) is 1. The van der Waals surface area contributed by atoms with E-state index in [9.17, 15) is 9.90 Å². The smallest absolute Gasteiger partial charge is 0.305 e. The van der Waals surface area contributed by atoms with Gasteiger partial charge in [-0.25, -0.2) is 0 Å². The van der Waals surface area contributed by atoms with E-state index in [1.54, 1.807) is 6.92 Å². The van der Waals surface area contributed by atoms with Crippen molar-refractivity contribution >= 4 is 5.97 Å². The minimum absolute atomic E-state index is 0.158. The summed E-state index contributed by atoms with van der Waals surface area (Å²) in [5.74, 6) is -0.158. The lowest BCUT2D eigenvalue weighted by atomic mass is 9.89. The highest BCUT2D eigenvalue weighted by molar-refractivity contribution is 5.69. The molecule has 0 unspecified atom stereocenters. The van der Waals surface area contributed by atoms with Gasteiger partial charge in [-0.2, -0.15) is 0 Å². The number of carbonyl (C=O) groups excluding carboxylic acids is 1. The summed E-state index contributed by atoms with van der Waals surface area (Å²) in [7, 11) is 0. The molecule has 0 spiro atoms. The molecular formula is C14H28O3. The second-order valence-electron chi connectivity index (χ2n) is 5.80. The van der Waals surface area contributed by atoms with Crippen LogP contribution in [0.5, 0.6) is 0 Å². The zero-order valence-corrected chi connectivity index (χ0v) is 11.8. The Balaban J connectivity index is 3.47. The average molecular weight is 244 g/mol. The molecule has 0 aliphatic heterocycles. The van der Waals surface area contributed by atoms with Gasteiger partial charge in [0.2, 0.25) is 0 Å². The molecule has 0 heterocycles. The molecule has 0 saturated carbocycles. The van der Waals surface area contributed by atoms with Gasteiger partial charge in [0.1, 0.15) is 0 Å². The lowest BCUT2D eigenvalue weighted by molar-refractivity contribution is -0.143. The first-order chi connectivity index (χ1) is 7.85. The van der Waals surface area contributed by atoms with Gasteiger partial charge in [0.05, 0.1) is 12.7 Å². The van der Waals surface area contributed by atoms with Crippen LogP contribution in [0.1, 0.15) is 66.2 Å². The van der Waals surface area contributed by atoms with E-state index in [2.05, 4.69) is 20.8 Å². The van der Waals surface area contributed by atoms with Crippen molar-refractivity contribution in [1.29, 1.82) is 0 Å². The Morgan fingerprint density at radius 1 is 1.24 bits per heavy atom. The second-order valence-corrected chi connectivity index (χ2v) is 5.80. The lowest BCUT2D eigenvalue weighted by Gasteiger charge is -2.18. The van der Waals surface area contributed by atoms with E-state index in [-0.39, 0.29) is 12.1 Å². The Bertz CT molecular complexity index is 206.